The predicted molar refractivity (Wildman–Crippen MR) is 52.8 cm³/mol. The zero-order valence-electron chi connectivity index (χ0n) is 7.74. The van der Waals surface area contributed by atoms with Crippen LogP contribution in [0.15, 0.2) is 18.3 Å². The van der Waals surface area contributed by atoms with E-state index in [2.05, 4.69) is 9.72 Å². The van der Waals surface area contributed by atoms with Gasteiger partial charge >= 0.3 is 5.97 Å². The van der Waals surface area contributed by atoms with E-state index in [1.165, 1.54) is 7.11 Å². The number of methoxy groups -OCH3 is 1. The standard InChI is InChI=1S/C9H11ClN2O2/c1-14-9(13)5-7(11)6-2-3-12-8(10)4-6/h2-4,7H,5,11H2,1H3/t7-/m1/s1. The van der Waals surface area contributed by atoms with Crippen LogP contribution in [-0.2, 0) is 9.53 Å². The molecule has 0 saturated carbocycles. The Labute approximate surface area is 87.0 Å². The van der Waals surface area contributed by atoms with E-state index >= 15 is 0 Å². The second kappa shape index (κ2) is 4.93. The summed E-state index contributed by atoms with van der Waals surface area (Å²) in [6, 6.07) is 2.96. The molecule has 0 aromatic carbocycles. The third kappa shape index (κ3) is 2.97. The van der Waals surface area contributed by atoms with Crippen molar-refractivity contribution in [3.8, 4) is 0 Å². The molecule has 0 spiro atoms. The second-order valence-electron chi connectivity index (χ2n) is 2.80. The Morgan fingerprint density at radius 3 is 3.07 bits per heavy atom. The minimum absolute atomic E-state index is 0.136. The predicted octanol–water partition coefficient (Wildman–Crippen LogP) is 1.30. The van der Waals surface area contributed by atoms with Crippen molar-refractivity contribution in [1.82, 2.24) is 4.98 Å². The number of esters is 1. The summed E-state index contributed by atoms with van der Waals surface area (Å²) in [5, 5.41) is 0.364. The van der Waals surface area contributed by atoms with Crippen molar-refractivity contribution in [2.45, 2.75) is 12.5 Å². The van der Waals surface area contributed by atoms with Gasteiger partial charge in [0.05, 0.1) is 13.5 Å². The molecule has 1 atom stereocenters. The largest absolute Gasteiger partial charge is 0.469 e. The average Bonchev–Trinajstić information content (AvgIpc) is 2.17. The number of nitrogens with zero attached hydrogens (tertiary/aromatic N) is 1. The van der Waals surface area contributed by atoms with Crippen molar-refractivity contribution >= 4 is 17.6 Å². The molecule has 2 N–H and O–H groups in total. The van der Waals surface area contributed by atoms with Crippen LogP contribution < -0.4 is 5.73 Å². The molecule has 0 bridgehead atoms. The van der Waals surface area contributed by atoms with E-state index in [-0.39, 0.29) is 12.4 Å². The molecule has 76 valence electrons. The van der Waals surface area contributed by atoms with Crippen LogP contribution in [0.2, 0.25) is 5.15 Å². The van der Waals surface area contributed by atoms with Gasteiger partial charge in [-0.1, -0.05) is 11.6 Å². The summed E-state index contributed by atoms with van der Waals surface area (Å²) in [5.41, 5.74) is 6.53. The molecule has 0 aliphatic rings. The third-order valence-electron chi connectivity index (χ3n) is 1.79. The molecule has 0 aliphatic carbocycles. The number of hydrogen-bond acceptors (Lipinski definition) is 4. The number of hydrogen-bond donors (Lipinski definition) is 1. The van der Waals surface area contributed by atoms with Crippen molar-refractivity contribution in [1.29, 1.82) is 0 Å². The highest BCUT2D eigenvalue weighted by Gasteiger charge is 2.11. The fraction of sp³-hybridized carbons (Fsp3) is 0.333. The van der Waals surface area contributed by atoms with Gasteiger partial charge in [-0.05, 0) is 17.7 Å². The average molecular weight is 215 g/mol. The first-order valence-corrected chi connectivity index (χ1v) is 4.45. The number of halogens is 1. The van der Waals surface area contributed by atoms with Gasteiger partial charge in [0.25, 0.3) is 0 Å². The molecule has 0 aliphatic heterocycles. The van der Waals surface area contributed by atoms with Crippen LogP contribution in [-0.4, -0.2) is 18.1 Å². The van der Waals surface area contributed by atoms with E-state index in [9.17, 15) is 4.79 Å². The molecule has 0 amide bonds. The number of nitrogens with two attached hydrogens (primary N) is 1. The van der Waals surface area contributed by atoms with Crippen LogP contribution in [0.3, 0.4) is 0 Å². The zero-order valence-corrected chi connectivity index (χ0v) is 8.49. The summed E-state index contributed by atoms with van der Waals surface area (Å²) in [4.78, 5) is 14.7. The van der Waals surface area contributed by atoms with E-state index in [1.807, 2.05) is 0 Å². The van der Waals surface area contributed by atoms with Crippen LogP contribution in [0.4, 0.5) is 0 Å². The Morgan fingerprint density at radius 2 is 2.50 bits per heavy atom. The molecule has 1 heterocycles. The fourth-order valence-corrected chi connectivity index (χ4v) is 1.21. The van der Waals surface area contributed by atoms with Crippen LogP contribution in [0.1, 0.15) is 18.0 Å². The number of carbonyl (C=O) groups is 1. The quantitative estimate of drug-likeness (QED) is 0.609. The molecular formula is C9H11ClN2O2. The van der Waals surface area contributed by atoms with E-state index in [0.29, 0.717) is 5.15 Å². The first kappa shape index (κ1) is 10.9. The Kier molecular flexibility index (Phi) is 3.85. The smallest absolute Gasteiger partial charge is 0.307 e. The van der Waals surface area contributed by atoms with Crippen LogP contribution in [0, 0.1) is 0 Å². The minimum atomic E-state index is -0.400. The van der Waals surface area contributed by atoms with Gasteiger partial charge in [0, 0.05) is 12.2 Å². The van der Waals surface area contributed by atoms with Gasteiger partial charge in [0.1, 0.15) is 5.15 Å². The lowest BCUT2D eigenvalue weighted by Gasteiger charge is -2.09. The number of ether oxygens (including phenoxy) is 1. The maximum atomic E-state index is 10.9. The minimum Gasteiger partial charge on any atom is -0.469 e. The van der Waals surface area contributed by atoms with Crippen LogP contribution in [0.5, 0.6) is 0 Å². The molecule has 4 nitrogen and oxygen atoms in total. The van der Waals surface area contributed by atoms with Crippen molar-refractivity contribution in [2.75, 3.05) is 7.11 Å². The molecule has 0 saturated heterocycles. The highest BCUT2D eigenvalue weighted by Crippen LogP contribution is 2.16. The maximum Gasteiger partial charge on any atom is 0.307 e. The van der Waals surface area contributed by atoms with Gasteiger partial charge in [-0.2, -0.15) is 0 Å². The van der Waals surface area contributed by atoms with E-state index in [0.717, 1.165) is 5.56 Å². The lowest BCUT2D eigenvalue weighted by atomic mass is 10.1. The van der Waals surface area contributed by atoms with E-state index < -0.39 is 6.04 Å². The summed E-state index contributed by atoms with van der Waals surface area (Å²) in [7, 11) is 1.33. The van der Waals surface area contributed by atoms with Gasteiger partial charge in [-0.25, -0.2) is 4.98 Å². The molecule has 14 heavy (non-hydrogen) atoms. The van der Waals surface area contributed by atoms with E-state index in [4.69, 9.17) is 17.3 Å². The topological polar surface area (TPSA) is 65.2 Å². The highest BCUT2D eigenvalue weighted by molar-refractivity contribution is 6.29. The summed E-state index contributed by atoms with van der Waals surface area (Å²) in [5.74, 6) is -0.342. The summed E-state index contributed by atoms with van der Waals surface area (Å²) >= 11 is 5.68. The molecule has 1 aromatic rings. The lowest BCUT2D eigenvalue weighted by molar-refractivity contribution is -0.141. The van der Waals surface area contributed by atoms with Crippen LogP contribution in [0.25, 0.3) is 0 Å². The normalized spacial score (nSPS) is 12.2. The first-order valence-electron chi connectivity index (χ1n) is 4.07. The van der Waals surface area contributed by atoms with Crippen molar-refractivity contribution in [3.05, 3.63) is 29.0 Å². The van der Waals surface area contributed by atoms with Gasteiger partial charge in [0.15, 0.2) is 0 Å². The molecule has 0 fully saturated rings. The number of rotatable bonds is 3. The Morgan fingerprint density at radius 1 is 1.79 bits per heavy atom. The summed E-state index contributed by atoms with van der Waals surface area (Å²) < 4.78 is 4.51. The molecule has 1 aromatic heterocycles. The lowest BCUT2D eigenvalue weighted by Crippen LogP contribution is -2.16. The maximum absolute atomic E-state index is 10.9. The van der Waals surface area contributed by atoms with Gasteiger partial charge in [-0.15, -0.1) is 0 Å². The third-order valence-corrected chi connectivity index (χ3v) is 2.00. The molecular weight excluding hydrogens is 204 g/mol. The number of pyridine rings is 1. The molecule has 0 unspecified atom stereocenters. The monoisotopic (exact) mass is 214 g/mol. The number of aromatic nitrogens is 1. The number of carbonyl (C=O) groups excluding carboxylic acids is 1. The van der Waals surface area contributed by atoms with Gasteiger partial charge in [0.2, 0.25) is 0 Å². The SMILES string of the molecule is COC(=O)C[C@@H](N)c1ccnc(Cl)c1. The Bertz CT molecular complexity index is 330. The Hall–Kier alpha value is -1.13. The molecule has 5 heteroatoms. The first-order chi connectivity index (χ1) is 6.63. The fourth-order valence-electron chi connectivity index (χ4n) is 1.03. The van der Waals surface area contributed by atoms with Crippen molar-refractivity contribution in [2.24, 2.45) is 5.73 Å². The Balaban J connectivity index is 2.69. The van der Waals surface area contributed by atoms with E-state index in [1.54, 1.807) is 18.3 Å². The van der Waals surface area contributed by atoms with Gasteiger partial charge in [-0.3, -0.25) is 4.79 Å². The second-order valence-corrected chi connectivity index (χ2v) is 3.19. The highest BCUT2D eigenvalue weighted by atomic mass is 35.5. The summed E-state index contributed by atoms with van der Waals surface area (Å²) in [6.07, 6.45) is 1.69. The van der Waals surface area contributed by atoms with Gasteiger partial charge < -0.3 is 10.5 Å². The van der Waals surface area contributed by atoms with Crippen LogP contribution >= 0.6 is 11.6 Å². The van der Waals surface area contributed by atoms with Crippen molar-refractivity contribution in [3.63, 3.8) is 0 Å². The summed E-state index contributed by atoms with van der Waals surface area (Å²) in [6.45, 7) is 0. The zero-order chi connectivity index (χ0) is 10.6. The molecule has 1 rings (SSSR count). The van der Waals surface area contributed by atoms with Crippen molar-refractivity contribution < 1.29 is 9.53 Å². The molecule has 0 radical (unpaired) electrons.